The number of anilines is 1. The molecule has 1 aliphatic rings. The van der Waals surface area contributed by atoms with Crippen molar-refractivity contribution in [3.63, 3.8) is 0 Å². The van der Waals surface area contributed by atoms with Crippen molar-refractivity contribution in [1.29, 1.82) is 0 Å². The van der Waals surface area contributed by atoms with Crippen molar-refractivity contribution in [3.05, 3.63) is 22.3 Å². The fourth-order valence-electron chi connectivity index (χ4n) is 2.10. The smallest absolute Gasteiger partial charge is 0.228 e. The molecule has 1 aromatic heterocycles. The lowest BCUT2D eigenvalue weighted by Gasteiger charge is -2.10. The second-order valence-electron chi connectivity index (χ2n) is 4.52. The molecule has 1 aliphatic carbocycles. The fraction of sp³-hybridized carbons (Fsp3) is 0.500. The molecule has 3 N–H and O–H groups in total. The molecular formula is C12H16BrN3O. The molecule has 1 aromatic rings. The maximum absolute atomic E-state index is 11.9. The normalized spacial score (nSPS) is 23.7. The first-order chi connectivity index (χ1) is 8.06. The minimum atomic E-state index is 0.0344. The number of pyridine rings is 1. The molecule has 1 amide bonds. The third-order valence-corrected chi connectivity index (χ3v) is 3.95. The molecule has 17 heavy (non-hydrogen) atoms. The molecule has 0 aromatic carbocycles. The molecule has 0 saturated heterocycles. The maximum atomic E-state index is 11.9. The quantitative estimate of drug-likeness (QED) is 0.879. The SMILES string of the molecule is Cc1nc(NC(=O)C2CCC(N)C2)ccc1Br. The van der Waals surface area contributed by atoms with Gasteiger partial charge in [0.2, 0.25) is 5.91 Å². The lowest BCUT2D eigenvalue weighted by molar-refractivity contribution is -0.119. The highest BCUT2D eigenvalue weighted by Crippen LogP contribution is 2.25. The number of nitrogens with two attached hydrogens (primary N) is 1. The summed E-state index contributed by atoms with van der Waals surface area (Å²) in [5.74, 6) is 0.680. The van der Waals surface area contributed by atoms with E-state index in [1.807, 2.05) is 13.0 Å². The van der Waals surface area contributed by atoms with Gasteiger partial charge in [0.1, 0.15) is 5.82 Å². The van der Waals surface area contributed by atoms with E-state index in [2.05, 4.69) is 26.2 Å². The van der Waals surface area contributed by atoms with Crippen molar-refractivity contribution in [3.8, 4) is 0 Å². The van der Waals surface area contributed by atoms with Crippen molar-refractivity contribution < 1.29 is 4.79 Å². The molecular weight excluding hydrogens is 282 g/mol. The number of aromatic nitrogens is 1. The van der Waals surface area contributed by atoms with Crippen LogP contribution in [0.1, 0.15) is 25.0 Å². The summed E-state index contributed by atoms with van der Waals surface area (Å²) in [5, 5.41) is 2.85. The monoisotopic (exact) mass is 297 g/mol. The van der Waals surface area contributed by atoms with E-state index < -0.39 is 0 Å². The third kappa shape index (κ3) is 3.04. The Kier molecular flexibility index (Phi) is 3.79. The first-order valence-electron chi connectivity index (χ1n) is 5.76. The van der Waals surface area contributed by atoms with Gasteiger partial charge in [-0.05, 0) is 54.2 Å². The molecule has 4 nitrogen and oxygen atoms in total. The van der Waals surface area contributed by atoms with Gasteiger partial charge < -0.3 is 11.1 Å². The van der Waals surface area contributed by atoms with Crippen LogP contribution in [0, 0.1) is 12.8 Å². The summed E-state index contributed by atoms with van der Waals surface area (Å²) in [6.07, 6.45) is 2.59. The zero-order valence-electron chi connectivity index (χ0n) is 9.74. The number of aryl methyl sites for hydroxylation is 1. The van der Waals surface area contributed by atoms with Crippen molar-refractivity contribution in [1.82, 2.24) is 4.98 Å². The zero-order chi connectivity index (χ0) is 12.4. The van der Waals surface area contributed by atoms with E-state index in [0.717, 1.165) is 29.4 Å². The molecule has 0 aliphatic heterocycles. The molecule has 0 bridgehead atoms. The van der Waals surface area contributed by atoms with Crippen LogP contribution in [0.25, 0.3) is 0 Å². The summed E-state index contributed by atoms with van der Waals surface area (Å²) in [5.41, 5.74) is 6.67. The van der Waals surface area contributed by atoms with Gasteiger partial charge in [-0.1, -0.05) is 0 Å². The summed E-state index contributed by atoms with van der Waals surface area (Å²) < 4.78 is 0.943. The number of hydrogen-bond donors (Lipinski definition) is 2. The van der Waals surface area contributed by atoms with Crippen LogP contribution in [-0.4, -0.2) is 16.9 Å². The number of hydrogen-bond acceptors (Lipinski definition) is 3. The number of carbonyl (C=O) groups is 1. The first-order valence-corrected chi connectivity index (χ1v) is 6.55. The Bertz CT molecular complexity index is 436. The Morgan fingerprint density at radius 2 is 2.29 bits per heavy atom. The van der Waals surface area contributed by atoms with E-state index in [1.54, 1.807) is 6.07 Å². The Hall–Kier alpha value is -0.940. The first kappa shape index (κ1) is 12.5. The summed E-state index contributed by atoms with van der Waals surface area (Å²) in [4.78, 5) is 16.2. The molecule has 1 heterocycles. The Balaban J connectivity index is 2.00. The second kappa shape index (κ2) is 5.14. The molecule has 92 valence electrons. The Morgan fingerprint density at radius 3 is 2.88 bits per heavy atom. The van der Waals surface area contributed by atoms with Gasteiger partial charge >= 0.3 is 0 Å². The minimum absolute atomic E-state index is 0.0344. The maximum Gasteiger partial charge on any atom is 0.228 e. The summed E-state index contributed by atoms with van der Waals surface area (Å²) in [6.45, 7) is 1.89. The van der Waals surface area contributed by atoms with Gasteiger partial charge in [0.25, 0.3) is 0 Å². The molecule has 0 radical (unpaired) electrons. The number of carbonyl (C=O) groups excluding carboxylic acids is 1. The average Bonchev–Trinajstić information content (AvgIpc) is 2.70. The van der Waals surface area contributed by atoms with Crippen LogP contribution in [0.3, 0.4) is 0 Å². The van der Waals surface area contributed by atoms with Crippen LogP contribution in [0.2, 0.25) is 0 Å². The van der Waals surface area contributed by atoms with Gasteiger partial charge in [-0.2, -0.15) is 0 Å². The third-order valence-electron chi connectivity index (χ3n) is 3.12. The minimum Gasteiger partial charge on any atom is -0.328 e. The number of halogens is 1. The Morgan fingerprint density at radius 1 is 1.53 bits per heavy atom. The van der Waals surface area contributed by atoms with Gasteiger partial charge in [0, 0.05) is 16.4 Å². The van der Waals surface area contributed by atoms with E-state index in [9.17, 15) is 4.79 Å². The average molecular weight is 298 g/mol. The van der Waals surface area contributed by atoms with Crippen LogP contribution in [-0.2, 0) is 4.79 Å². The lowest BCUT2D eigenvalue weighted by Crippen LogP contribution is -2.23. The number of rotatable bonds is 2. The summed E-state index contributed by atoms with van der Waals surface area (Å²) in [6, 6.07) is 3.85. The highest BCUT2D eigenvalue weighted by Gasteiger charge is 2.27. The molecule has 2 atom stereocenters. The van der Waals surface area contributed by atoms with E-state index >= 15 is 0 Å². The molecule has 5 heteroatoms. The van der Waals surface area contributed by atoms with Gasteiger partial charge in [-0.3, -0.25) is 4.79 Å². The van der Waals surface area contributed by atoms with E-state index in [0.29, 0.717) is 5.82 Å². The van der Waals surface area contributed by atoms with Crippen LogP contribution in [0.5, 0.6) is 0 Å². The zero-order valence-corrected chi connectivity index (χ0v) is 11.3. The van der Waals surface area contributed by atoms with Gasteiger partial charge in [0.15, 0.2) is 0 Å². The number of amides is 1. The number of nitrogens with zero attached hydrogens (tertiary/aromatic N) is 1. The summed E-state index contributed by atoms with van der Waals surface area (Å²) in [7, 11) is 0. The highest BCUT2D eigenvalue weighted by atomic mass is 79.9. The van der Waals surface area contributed by atoms with Gasteiger partial charge in [-0.25, -0.2) is 4.98 Å². The standard InChI is InChI=1S/C12H16BrN3O/c1-7-10(13)4-5-11(15-7)16-12(17)8-2-3-9(14)6-8/h4-5,8-9H,2-3,6,14H2,1H3,(H,15,16,17). The largest absolute Gasteiger partial charge is 0.328 e. The molecule has 2 unspecified atom stereocenters. The Labute approximate surface area is 109 Å². The van der Waals surface area contributed by atoms with Gasteiger partial charge in [0.05, 0.1) is 5.69 Å². The van der Waals surface area contributed by atoms with Crippen molar-refractivity contribution in [2.24, 2.45) is 11.7 Å². The van der Waals surface area contributed by atoms with Crippen molar-refractivity contribution in [2.75, 3.05) is 5.32 Å². The van der Waals surface area contributed by atoms with Crippen molar-refractivity contribution in [2.45, 2.75) is 32.2 Å². The second-order valence-corrected chi connectivity index (χ2v) is 5.38. The predicted molar refractivity (Wildman–Crippen MR) is 70.6 cm³/mol. The van der Waals surface area contributed by atoms with E-state index in [-0.39, 0.29) is 17.9 Å². The van der Waals surface area contributed by atoms with E-state index in [1.165, 1.54) is 0 Å². The van der Waals surface area contributed by atoms with Crippen LogP contribution in [0.15, 0.2) is 16.6 Å². The molecule has 0 spiro atoms. The molecule has 2 rings (SSSR count). The number of nitrogens with one attached hydrogen (secondary N) is 1. The summed E-state index contributed by atoms with van der Waals surface area (Å²) >= 11 is 3.38. The lowest BCUT2D eigenvalue weighted by atomic mass is 10.1. The molecule has 1 fully saturated rings. The van der Waals surface area contributed by atoms with Crippen LogP contribution in [0.4, 0.5) is 5.82 Å². The highest BCUT2D eigenvalue weighted by molar-refractivity contribution is 9.10. The van der Waals surface area contributed by atoms with Gasteiger partial charge in [-0.15, -0.1) is 0 Å². The fourth-order valence-corrected chi connectivity index (χ4v) is 2.32. The predicted octanol–water partition coefficient (Wildman–Crippen LogP) is 2.22. The topological polar surface area (TPSA) is 68.0 Å². The van der Waals surface area contributed by atoms with Crippen LogP contribution < -0.4 is 11.1 Å². The van der Waals surface area contributed by atoms with Crippen LogP contribution >= 0.6 is 15.9 Å². The molecule has 1 saturated carbocycles. The van der Waals surface area contributed by atoms with E-state index in [4.69, 9.17) is 5.73 Å². The van der Waals surface area contributed by atoms with Crippen molar-refractivity contribution >= 4 is 27.7 Å².